The number of rotatable bonds is 1. The largest absolute Gasteiger partial charge is 0.467 e. The molecule has 1 unspecified atom stereocenters. The fourth-order valence-corrected chi connectivity index (χ4v) is 1.34. The molecule has 1 amide bonds. The molecular formula is C8H13NO5. The van der Waals surface area contributed by atoms with Crippen LogP contribution in [0.15, 0.2) is 0 Å². The first-order valence-corrected chi connectivity index (χ1v) is 4.32. The Bertz CT molecular complexity index is 230. The zero-order valence-corrected chi connectivity index (χ0v) is 7.93. The van der Waals surface area contributed by atoms with E-state index in [0.717, 1.165) is 4.90 Å². The molecule has 1 aliphatic heterocycles. The third kappa shape index (κ3) is 2.35. The van der Waals surface area contributed by atoms with Crippen LogP contribution < -0.4 is 0 Å². The predicted octanol–water partition coefficient (Wildman–Crippen LogP) is -0.0717. The van der Waals surface area contributed by atoms with Gasteiger partial charge in [-0.15, -0.1) is 0 Å². The van der Waals surface area contributed by atoms with Gasteiger partial charge in [-0.3, -0.25) is 4.90 Å². The van der Waals surface area contributed by atoms with E-state index in [1.165, 1.54) is 7.11 Å². The summed E-state index contributed by atoms with van der Waals surface area (Å²) in [7, 11) is 1.23. The van der Waals surface area contributed by atoms with Crippen LogP contribution in [0.5, 0.6) is 0 Å². The molecule has 0 aromatic heterocycles. The van der Waals surface area contributed by atoms with Gasteiger partial charge in [0.1, 0.15) is 0 Å². The fourth-order valence-electron chi connectivity index (χ4n) is 1.34. The summed E-state index contributed by atoms with van der Waals surface area (Å²) in [6, 6.07) is -0.833. The molecule has 0 saturated carbocycles. The van der Waals surface area contributed by atoms with Crippen molar-refractivity contribution in [3.63, 3.8) is 0 Å². The monoisotopic (exact) mass is 203 g/mol. The van der Waals surface area contributed by atoms with Gasteiger partial charge in [0, 0.05) is 13.2 Å². The summed E-state index contributed by atoms with van der Waals surface area (Å²) in [5.41, 5.74) is 0. The minimum absolute atomic E-state index is 0.0684. The number of hydrogen-bond acceptors (Lipinski definition) is 4. The van der Waals surface area contributed by atoms with Gasteiger partial charge in [-0.25, -0.2) is 9.59 Å². The van der Waals surface area contributed by atoms with Crippen molar-refractivity contribution in [3.05, 3.63) is 0 Å². The van der Waals surface area contributed by atoms with Gasteiger partial charge in [0.15, 0.2) is 6.04 Å². The van der Waals surface area contributed by atoms with Gasteiger partial charge < -0.3 is 14.6 Å². The van der Waals surface area contributed by atoms with Crippen LogP contribution in [0.4, 0.5) is 4.79 Å². The van der Waals surface area contributed by atoms with Crippen molar-refractivity contribution in [1.29, 1.82) is 0 Å². The fraction of sp³-hybridized carbons (Fsp3) is 0.750. The van der Waals surface area contributed by atoms with Crippen molar-refractivity contribution in [2.45, 2.75) is 12.5 Å². The molecule has 1 N–H and O–H groups in total. The first kappa shape index (κ1) is 10.8. The number of carbonyl (C=O) groups excluding carboxylic acids is 1. The Kier molecular flexibility index (Phi) is 3.70. The molecule has 1 heterocycles. The minimum atomic E-state index is -1.12. The molecule has 6 heteroatoms. The molecule has 0 aromatic carbocycles. The molecule has 0 aromatic rings. The van der Waals surface area contributed by atoms with Crippen LogP contribution >= 0.6 is 0 Å². The van der Waals surface area contributed by atoms with E-state index in [1.54, 1.807) is 0 Å². The average molecular weight is 203 g/mol. The van der Waals surface area contributed by atoms with Crippen molar-refractivity contribution in [3.8, 4) is 0 Å². The van der Waals surface area contributed by atoms with Crippen LogP contribution in [0.3, 0.4) is 0 Å². The van der Waals surface area contributed by atoms with Gasteiger partial charge in [0.25, 0.3) is 0 Å². The molecule has 0 aliphatic carbocycles. The van der Waals surface area contributed by atoms with Crippen molar-refractivity contribution in [1.82, 2.24) is 4.90 Å². The number of carboxylic acid groups (broad SMARTS) is 1. The van der Waals surface area contributed by atoms with Crippen LogP contribution in [0.2, 0.25) is 0 Å². The van der Waals surface area contributed by atoms with Crippen LogP contribution in [0, 0.1) is 0 Å². The van der Waals surface area contributed by atoms with E-state index in [9.17, 15) is 9.59 Å². The maximum absolute atomic E-state index is 11.2. The van der Waals surface area contributed by atoms with E-state index in [-0.39, 0.29) is 6.61 Å². The average Bonchev–Trinajstić information content (AvgIpc) is 2.41. The summed E-state index contributed by atoms with van der Waals surface area (Å²) in [6.07, 6.45) is -0.523. The normalized spacial score (nSPS) is 22.6. The molecule has 1 atom stereocenters. The molecule has 6 nitrogen and oxygen atoms in total. The highest BCUT2D eigenvalue weighted by Gasteiger charge is 2.32. The van der Waals surface area contributed by atoms with Gasteiger partial charge in [0.05, 0.1) is 13.7 Å². The molecule has 14 heavy (non-hydrogen) atoms. The third-order valence-electron chi connectivity index (χ3n) is 2.06. The summed E-state index contributed by atoms with van der Waals surface area (Å²) < 4.78 is 9.61. The first-order chi connectivity index (χ1) is 6.66. The summed E-state index contributed by atoms with van der Waals surface area (Å²) in [5.74, 6) is -0.575. The zero-order valence-electron chi connectivity index (χ0n) is 7.93. The molecule has 0 spiro atoms. The molecule has 1 rings (SSSR count). The Morgan fingerprint density at radius 1 is 1.57 bits per heavy atom. The molecule has 0 bridgehead atoms. The van der Waals surface area contributed by atoms with Crippen molar-refractivity contribution in [2.24, 2.45) is 0 Å². The van der Waals surface area contributed by atoms with Crippen LogP contribution in [-0.2, 0) is 14.3 Å². The molecular weight excluding hydrogens is 190 g/mol. The maximum Gasteiger partial charge on any atom is 0.408 e. The zero-order chi connectivity index (χ0) is 10.6. The second kappa shape index (κ2) is 4.80. The Morgan fingerprint density at radius 2 is 2.29 bits per heavy atom. The summed E-state index contributed by atoms with van der Waals surface area (Å²) in [4.78, 5) is 23.1. The number of esters is 1. The maximum atomic E-state index is 11.2. The summed E-state index contributed by atoms with van der Waals surface area (Å²) >= 11 is 0. The van der Waals surface area contributed by atoms with Crippen LogP contribution in [0.1, 0.15) is 6.42 Å². The number of carbonyl (C=O) groups is 2. The van der Waals surface area contributed by atoms with E-state index in [1.807, 2.05) is 0 Å². The Hall–Kier alpha value is -1.30. The molecule has 1 aliphatic rings. The third-order valence-corrected chi connectivity index (χ3v) is 2.06. The van der Waals surface area contributed by atoms with Gasteiger partial charge >= 0.3 is 12.1 Å². The Labute approximate surface area is 81.4 Å². The highest BCUT2D eigenvalue weighted by atomic mass is 16.5. The van der Waals surface area contributed by atoms with Crippen molar-refractivity contribution >= 4 is 12.1 Å². The first-order valence-electron chi connectivity index (χ1n) is 4.32. The second-order valence-corrected chi connectivity index (χ2v) is 2.94. The molecule has 1 saturated heterocycles. The second-order valence-electron chi connectivity index (χ2n) is 2.94. The van der Waals surface area contributed by atoms with Crippen molar-refractivity contribution < 1.29 is 24.2 Å². The number of ether oxygens (including phenoxy) is 2. The summed E-state index contributed by atoms with van der Waals surface area (Å²) in [6.45, 7) is 0.839. The van der Waals surface area contributed by atoms with E-state index in [0.29, 0.717) is 19.6 Å². The number of hydrogen-bond donors (Lipinski definition) is 1. The molecule has 1 fully saturated rings. The number of amides is 1. The number of methoxy groups -OCH3 is 1. The smallest absolute Gasteiger partial charge is 0.408 e. The lowest BCUT2D eigenvalue weighted by Gasteiger charge is -2.23. The summed E-state index contributed by atoms with van der Waals surface area (Å²) in [5, 5.41) is 8.84. The Morgan fingerprint density at radius 3 is 2.86 bits per heavy atom. The lowest BCUT2D eigenvalue weighted by Crippen LogP contribution is -2.46. The SMILES string of the molecule is COC(=O)C1COCCCN1C(=O)O. The molecule has 0 radical (unpaired) electrons. The van der Waals surface area contributed by atoms with Gasteiger partial charge in [-0.1, -0.05) is 0 Å². The van der Waals surface area contributed by atoms with Crippen molar-refractivity contribution in [2.75, 3.05) is 26.9 Å². The van der Waals surface area contributed by atoms with Gasteiger partial charge in [-0.05, 0) is 6.42 Å². The highest BCUT2D eigenvalue weighted by Crippen LogP contribution is 2.09. The number of nitrogens with zero attached hydrogens (tertiary/aromatic N) is 1. The molecule has 80 valence electrons. The predicted molar refractivity (Wildman–Crippen MR) is 46.0 cm³/mol. The lowest BCUT2D eigenvalue weighted by atomic mass is 10.2. The Balaban J connectivity index is 2.73. The van der Waals surface area contributed by atoms with E-state index < -0.39 is 18.1 Å². The van der Waals surface area contributed by atoms with Gasteiger partial charge in [-0.2, -0.15) is 0 Å². The van der Waals surface area contributed by atoms with E-state index in [4.69, 9.17) is 9.84 Å². The van der Waals surface area contributed by atoms with E-state index in [2.05, 4.69) is 4.74 Å². The van der Waals surface area contributed by atoms with E-state index >= 15 is 0 Å². The quantitative estimate of drug-likeness (QED) is 0.603. The van der Waals surface area contributed by atoms with Crippen LogP contribution in [0.25, 0.3) is 0 Å². The standard InChI is InChI=1S/C8H13NO5/c1-13-7(10)6-5-14-4-2-3-9(6)8(11)12/h6H,2-5H2,1H3,(H,11,12). The minimum Gasteiger partial charge on any atom is -0.467 e. The topological polar surface area (TPSA) is 76.1 Å². The highest BCUT2D eigenvalue weighted by molar-refractivity contribution is 5.80. The lowest BCUT2D eigenvalue weighted by molar-refractivity contribution is -0.147. The van der Waals surface area contributed by atoms with Crippen LogP contribution in [-0.4, -0.2) is 55.0 Å². The van der Waals surface area contributed by atoms with Gasteiger partial charge in [0.2, 0.25) is 0 Å².